The van der Waals surface area contributed by atoms with Crippen LogP contribution in [0.3, 0.4) is 0 Å². The third-order valence-corrected chi connectivity index (χ3v) is 6.76. The number of amides is 1. The molecule has 1 fully saturated rings. The van der Waals surface area contributed by atoms with E-state index in [9.17, 15) is 4.79 Å². The van der Waals surface area contributed by atoms with Crippen molar-refractivity contribution in [2.24, 2.45) is 5.92 Å². The Hall–Kier alpha value is -3.75. The summed E-state index contributed by atoms with van der Waals surface area (Å²) in [5.74, 6) is -0.244. The quantitative estimate of drug-likeness (QED) is 0.320. The van der Waals surface area contributed by atoms with Crippen molar-refractivity contribution < 1.29 is 4.79 Å². The molecular weight excluding hydrogens is 492 g/mol. The van der Waals surface area contributed by atoms with Crippen LogP contribution in [0, 0.1) is 5.92 Å². The molecule has 2 N–H and O–H groups in total. The zero-order valence-electron chi connectivity index (χ0n) is 19.8. The summed E-state index contributed by atoms with van der Waals surface area (Å²) in [6.07, 6.45) is 7.35. The second-order valence-electron chi connectivity index (χ2n) is 8.81. The van der Waals surface area contributed by atoms with Crippen LogP contribution >= 0.6 is 23.8 Å². The molecule has 3 aromatic heterocycles. The Morgan fingerprint density at radius 2 is 1.86 bits per heavy atom. The molecule has 1 saturated heterocycles. The maximum atomic E-state index is 12.2. The predicted octanol–water partition coefficient (Wildman–Crippen LogP) is 5.69. The van der Waals surface area contributed by atoms with Crippen molar-refractivity contribution in [3.8, 4) is 5.69 Å². The molecule has 1 aromatic carbocycles. The van der Waals surface area contributed by atoms with Crippen LogP contribution in [0.2, 0.25) is 5.02 Å². The number of pyridine rings is 2. The summed E-state index contributed by atoms with van der Waals surface area (Å²) in [7, 11) is 0. The second-order valence-corrected chi connectivity index (χ2v) is 9.61. The molecule has 1 amide bonds. The maximum Gasteiger partial charge on any atom is 0.226 e. The maximum absolute atomic E-state index is 12.2. The van der Waals surface area contributed by atoms with E-state index in [1.807, 2.05) is 74.6 Å². The predicted molar refractivity (Wildman–Crippen MR) is 146 cm³/mol. The molecule has 2 atom stereocenters. The summed E-state index contributed by atoms with van der Waals surface area (Å²) in [5, 5.41) is 7.36. The Morgan fingerprint density at radius 1 is 1.06 bits per heavy atom. The Balaban J connectivity index is 1.59. The number of carbonyl (C=O) groups excluding carboxylic acids is 1. The summed E-state index contributed by atoms with van der Waals surface area (Å²) >= 11 is 12.5. The van der Waals surface area contributed by atoms with Crippen molar-refractivity contribution in [3.63, 3.8) is 0 Å². The standard InChI is InChI=1S/C27H25ClN6OS/c1-17(2)26(35)31-21-9-8-19(16-20(21)28)34-25(24(32-27(34)36)22-6-3-4-12-30-22)23-7-5-15-33(23)18-10-13-29-14-11-18/h3-17,24-25H,1-2H3,(H,31,35)(H,32,36)/t24-,25+/m1/s1. The van der Waals surface area contributed by atoms with E-state index in [4.69, 9.17) is 23.8 Å². The number of nitrogens with one attached hydrogen (secondary N) is 2. The number of hydrogen-bond acceptors (Lipinski definition) is 4. The number of benzene rings is 1. The molecule has 0 unspecified atom stereocenters. The molecule has 4 aromatic rings. The van der Waals surface area contributed by atoms with Gasteiger partial charge in [-0.3, -0.25) is 14.8 Å². The number of thiocarbonyl (C=S) groups is 1. The minimum absolute atomic E-state index is 0.0914. The summed E-state index contributed by atoms with van der Waals surface area (Å²) in [5.41, 5.74) is 4.27. The van der Waals surface area contributed by atoms with E-state index in [1.54, 1.807) is 18.6 Å². The summed E-state index contributed by atoms with van der Waals surface area (Å²) in [6, 6.07) is 19.0. The molecule has 1 aliphatic heterocycles. The van der Waals surface area contributed by atoms with Gasteiger partial charge in [-0.2, -0.15) is 0 Å². The number of hydrogen-bond donors (Lipinski definition) is 2. The number of nitrogens with zero attached hydrogens (tertiary/aromatic N) is 4. The lowest BCUT2D eigenvalue weighted by Crippen LogP contribution is -2.30. The van der Waals surface area contributed by atoms with Gasteiger partial charge in [-0.1, -0.05) is 31.5 Å². The molecule has 1 aliphatic rings. The normalized spacial score (nSPS) is 17.3. The zero-order valence-corrected chi connectivity index (χ0v) is 21.4. The average molecular weight is 517 g/mol. The minimum atomic E-state index is -0.220. The van der Waals surface area contributed by atoms with Gasteiger partial charge < -0.3 is 20.1 Å². The largest absolute Gasteiger partial charge is 0.351 e. The summed E-state index contributed by atoms with van der Waals surface area (Å²) < 4.78 is 2.13. The van der Waals surface area contributed by atoms with Gasteiger partial charge in [-0.25, -0.2) is 0 Å². The van der Waals surface area contributed by atoms with Crippen molar-refractivity contribution in [3.05, 3.63) is 102 Å². The fourth-order valence-corrected chi connectivity index (χ4v) is 4.91. The number of halogens is 1. The van der Waals surface area contributed by atoms with Crippen LogP contribution in [-0.2, 0) is 4.79 Å². The molecule has 7 nitrogen and oxygen atoms in total. The topological polar surface area (TPSA) is 75.1 Å². The number of aromatic nitrogens is 3. The molecule has 5 rings (SSSR count). The van der Waals surface area contributed by atoms with Gasteiger partial charge in [0.05, 0.1) is 22.4 Å². The fourth-order valence-electron chi connectivity index (χ4n) is 4.34. The molecule has 4 heterocycles. The molecule has 0 saturated carbocycles. The van der Waals surface area contributed by atoms with Gasteiger partial charge in [0.25, 0.3) is 0 Å². The van der Waals surface area contributed by atoms with Gasteiger partial charge in [0, 0.05) is 47.8 Å². The number of carbonyl (C=O) groups is 1. The van der Waals surface area contributed by atoms with Crippen molar-refractivity contribution >= 4 is 46.2 Å². The van der Waals surface area contributed by atoms with Crippen LogP contribution in [0.5, 0.6) is 0 Å². The molecule has 9 heteroatoms. The monoisotopic (exact) mass is 516 g/mol. The first kappa shape index (κ1) is 24.0. The van der Waals surface area contributed by atoms with E-state index in [-0.39, 0.29) is 23.9 Å². The Labute approximate surface area is 220 Å². The minimum Gasteiger partial charge on any atom is -0.351 e. The lowest BCUT2D eigenvalue weighted by Gasteiger charge is -2.29. The van der Waals surface area contributed by atoms with Crippen molar-refractivity contribution in [2.45, 2.75) is 25.9 Å². The highest BCUT2D eigenvalue weighted by molar-refractivity contribution is 7.80. The second kappa shape index (κ2) is 10.1. The highest BCUT2D eigenvalue weighted by Gasteiger charge is 2.42. The lowest BCUT2D eigenvalue weighted by molar-refractivity contribution is -0.118. The Bertz CT molecular complexity index is 1390. The van der Waals surface area contributed by atoms with Gasteiger partial charge in [0.2, 0.25) is 5.91 Å². The van der Waals surface area contributed by atoms with Crippen molar-refractivity contribution in [1.29, 1.82) is 0 Å². The van der Waals surface area contributed by atoms with Gasteiger partial charge in [0.15, 0.2) is 5.11 Å². The zero-order chi connectivity index (χ0) is 25.2. The fraction of sp³-hybridized carbons (Fsp3) is 0.185. The molecule has 0 aliphatic carbocycles. The van der Waals surface area contributed by atoms with E-state index < -0.39 is 0 Å². The van der Waals surface area contributed by atoms with Crippen molar-refractivity contribution in [1.82, 2.24) is 19.9 Å². The van der Waals surface area contributed by atoms with Gasteiger partial charge in [0.1, 0.15) is 6.04 Å². The van der Waals surface area contributed by atoms with Crippen LogP contribution in [-0.4, -0.2) is 25.6 Å². The first-order valence-corrected chi connectivity index (χ1v) is 12.4. The van der Waals surface area contributed by atoms with Gasteiger partial charge >= 0.3 is 0 Å². The van der Waals surface area contributed by atoms with Crippen molar-refractivity contribution in [2.75, 3.05) is 10.2 Å². The van der Waals surface area contributed by atoms with E-state index >= 15 is 0 Å². The van der Waals surface area contributed by atoms with E-state index in [1.165, 1.54) is 0 Å². The molecular formula is C27H25ClN6OS. The third kappa shape index (κ3) is 4.57. The molecule has 36 heavy (non-hydrogen) atoms. The van der Waals surface area contributed by atoms with Gasteiger partial charge in [-0.05, 0) is 66.8 Å². The van der Waals surface area contributed by atoms with Crippen LogP contribution in [0.4, 0.5) is 11.4 Å². The average Bonchev–Trinajstić information content (AvgIpc) is 3.50. The molecule has 182 valence electrons. The Morgan fingerprint density at radius 3 is 2.56 bits per heavy atom. The molecule has 0 bridgehead atoms. The molecule has 0 spiro atoms. The van der Waals surface area contributed by atoms with Crippen LogP contribution < -0.4 is 15.5 Å². The van der Waals surface area contributed by atoms with Crippen LogP contribution in [0.15, 0.2) is 85.5 Å². The highest BCUT2D eigenvalue weighted by Crippen LogP contribution is 2.43. The van der Waals surface area contributed by atoms with E-state index in [2.05, 4.69) is 36.1 Å². The van der Waals surface area contributed by atoms with E-state index in [0.29, 0.717) is 15.8 Å². The number of anilines is 2. The summed E-state index contributed by atoms with van der Waals surface area (Å²) in [4.78, 5) is 23.1. The SMILES string of the molecule is CC(C)C(=O)Nc1ccc(N2C(=S)N[C@H](c3ccccn3)[C@@H]2c2cccn2-c2ccncc2)cc1Cl. The van der Waals surface area contributed by atoms with Gasteiger partial charge in [-0.15, -0.1) is 0 Å². The molecule has 0 radical (unpaired) electrons. The first-order chi connectivity index (χ1) is 17.4. The smallest absolute Gasteiger partial charge is 0.226 e. The number of rotatable bonds is 6. The van der Waals surface area contributed by atoms with Crippen LogP contribution in [0.1, 0.15) is 37.3 Å². The van der Waals surface area contributed by atoms with E-state index in [0.717, 1.165) is 22.8 Å². The first-order valence-electron chi connectivity index (χ1n) is 11.6. The van der Waals surface area contributed by atoms with Crippen LogP contribution in [0.25, 0.3) is 5.69 Å². The third-order valence-electron chi connectivity index (χ3n) is 6.14. The summed E-state index contributed by atoms with van der Waals surface area (Å²) in [6.45, 7) is 3.68. The Kier molecular flexibility index (Phi) is 6.71. The highest BCUT2D eigenvalue weighted by atomic mass is 35.5. The lowest BCUT2D eigenvalue weighted by atomic mass is 10.0.